The standard InChI is InChI=1S/C13H17N3/c1-10-4-6-13(7-5-10)8-9-16-12(3)11(2)14-15-16/h4-7H,8-9H2,1-3H3. The van der Waals surface area contributed by atoms with Crippen molar-refractivity contribution in [3.05, 3.63) is 46.8 Å². The van der Waals surface area contributed by atoms with Crippen molar-refractivity contribution in [3.8, 4) is 0 Å². The van der Waals surface area contributed by atoms with Crippen LogP contribution in [-0.4, -0.2) is 15.0 Å². The van der Waals surface area contributed by atoms with Crippen molar-refractivity contribution >= 4 is 0 Å². The molecule has 0 unspecified atom stereocenters. The lowest BCUT2D eigenvalue weighted by molar-refractivity contribution is 0.575. The van der Waals surface area contributed by atoms with Crippen LogP contribution < -0.4 is 0 Å². The third-order valence-corrected chi connectivity index (χ3v) is 2.95. The molecular weight excluding hydrogens is 198 g/mol. The van der Waals surface area contributed by atoms with Gasteiger partial charge in [0.25, 0.3) is 0 Å². The SMILES string of the molecule is Cc1ccc(CCn2nnc(C)c2C)cc1. The van der Waals surface area contributed by atoms with E-state index in [1.807, 2.05) is 11.6 Å². The summed E-state index contributed by atoms with van der Waals surface area (Å²) >= 11 is 0. The number of aromatic nitrogens is 3. The van der Waals surface area contributed by atoms with Gasteiger partial charge >= 0.3 is 0 Å². The summed E-state index contributed by atoms with van der Waals surface area (Å²) in [6.45, 7) is 7.06. The van der Waals surface area contributed by atoms with E-state index in [1.165, 1.54) is 11.1 Å². The summed E-state index contributed by atoms with van der Waals surface area (Å²) in [7, 11) is 0. The first kappa shape index (κ1) is 10.9. The van der Waals surface area contributed by atoms with Crippen LogP contribution in [0.3, 0.4) is 0 Å². The number of hydrogen-bond donors (Lipinski definition) is 0. The quantitative estimate of drug-likeness (QED) is 0.787. The summed E-state index contributed by atoms with van der Waals surface area (Å²) in [6.07, 6.45) is 1.00. The fourth-order valence-corrected chi connectivity index (χ4v) is 1.65. The van der Waals surface area contributed by atoms with Gasteiger partial charge in [-0.3, -0.25) is 0 Å². The normalized spacial score (nSPS) is 10.7. The molecular formula is C13H17N3. The Kier molecular flexibility index (Phi) is 3.04. The minimum Gasteiger partial charge on any atom is -0.249 e. The largest absolute Gasteiger partial charge is 0.249 e. The second-order valence-corrected chi connectivity index (χ2v) is 4.22. The van der Waals surface area contributed by atoms with Gasteiger partial charge in [0, 0.05) is 6.54 Å². The summed E-state index contributed by atoms with van der Waals surface area (Å²) in [4.78, 5) is 0. The van der Waals surface area contributed by atoms with E-state index in [4.69, 9.17) is 0 Å². The van der Waals surface area contributed by atoms with Crippen molar-refractivity contribution in [2.24, 2.45) is 0 Å². The monoisotopic (exact) mass is 215 g/mol. The molecule has 1 heterocycles. The molecule has 0 bridgehead atoms. The van der Waals surface area contributed by atoms with Gasteiger partial charge in [0.2, 0.25) is 0 Å². The van der Waals surface area contributed by atoms with Crippen LogP contribution in [0.15, 0.2) is 24.3 Å². The molecule has 0 amide bonds. The van der Waals surface area contributed by atoms with E-state index < -0.39 is 0 Å². The fraction of sp³-hybridized carbons (Fsp3) is 0.385. The summed E-state index contributed by atoms with van der Waals surface area (Å²) in [6, 6.07) is 8.65. The lowest BCUT2D eigenvalue weighted by atomic mass is 10.1. The van der Waals surface area contributed by atoms with E-state index in [2.05, 4.69) is 48.4 Å². The maximum atomic E-state index is 4.11. The van der Waals surface area contributed by atoms with Gasteiger partial charge in [-0.25, -0.2) is 4.68 Å². The lowest BCUT2D eigenvalue weighted by Gasteiger charge is -2.04. The van der Waals surface area contributed by atoms with Crippen LogP contribution in [0.2, 0.25) is 0 Å². The summed E-state index contributed by atoms with van der Waals surface area (Å²) in [5, 5.41) is 8.17. The first-order chi connectivity index (χ1) is 7.66. The number of nitrogens with zero attached hydrogens (tertiary/aromatic N) is 3. The smallest absolute Gasteiger partial charge is 0.0825 e. The Hall–Kier alpha value is -1.64. The van der Waals surface area contributed by atoms with Gasteiger partial charge in [-0.2, -0.15) is 0 Å². The second kappa shape index (κ2) is 4.47. The first-order valence-corrected chi connectivity index (χ1v) is 5.59. The molecule has 2 rings (SSSR count). The van der Waals surface area contributed by atoms with Gasteiger partial charge in [0.15, 0.2) is 0 Å². The Bertz CT molecular complexity index is 468. The highest BCUT2D eigenvalue weighted by Gasteiger charge is 2.03. The van der Waals surface area contributed by atoms with Crippen molar-refractivity contribution in [1.29, 1.82) is 0 Å². The number of rotatable bonds is 3. The predicted molar refractivity (Wildman–Crippen MR) is 64.4 cm³/mol. The van der Waals surface area contributed by atoms with Gasteiger partial charge in [-0.1, -0.05) is 35.0 Å². The zero-order valence-corrected chi connectivity index (χ0v) is 10.1. The molecule has 84 valence electrons. The molecule has 3 nitrogen and oxygen atoms in total. The zero-order chi connectivity index (χ0) is 11.5. The molecule has 3 heteroatoms. The summed E-state index contributed by atoms with van der Waals surface area (Å²) in [5.41, 5.74) is 4.82. The van der Waals surface area contributed by atoms with Crippen LogP contribution in [0.5, 0.6) is 0 Å². The number of hydrogen-bond acceptors (Lipinski definition) is 2. The fourth-order valence-electron chi connectivity index (χ4n) is 1.65. The highest BCUT2D eigenvalue weighted by atomic mass is 15.4. The third-order valence-electron chi connectivity index (χ3n) is 2.95. The zero-order valence-electron chi connectivity index (χ0n) is 10.1. The van der Waals surface area contributed by atoms with Gasteiger partial charge in [-0.05, 0) is 32.8 Å². The first-order valence-electron chi connectivity index (χ1n) is 5.59. The summed E-state index contributed by atoms with van der Waals surface area (Å²) in [5.74, 6) is 0. The van der Waals surface area contributed by atoms with Gasteiger partial charge in [-0.15, -0.1) is 5.10 Å². The minimum atomic E-state index is 0.899. The number of benzene rings is 1. The van der Waals surface area contributed by atoms with Gasteiger partial charge in [0.1, 0.15) is 0 Å². The second-order valence-electron chi connectivity index (χ2n) is 4.22. The Balaban J connectivity index is 2.02. The molecule has 1 aromatic carbocycles. The molecule has 0 N–H and O–H groups in total. The molecule has 0 spiro atoms. The van der Waals surface area contributed by atoms with Crippen LogP contribution in [0, 0.1) is 20.8 Å². The molecule has 2 aromatic rings. The molecule has 16 heavy (non-hydrogen) atoms. The number of aryl methyl sites for hydroxylation is 4. The van der Waals surface area contributed by atoms with E-state index in [0.29, 0.717) is 0 Å². The maximum Gasteiger partial charge on any atom is 0.0825 e. The van der Waals surface area contributed by atoms with Crippen LogP contribution in [0.25, 0.3) is 0 Å². The van der Waals surface area contributed by atoms with Crippen molar-refractivity contribution < 1.29 is 0 Å². The van der Waals surface area contributed by atoms with E-state index >= 15 is 0 Å². The van der Waals surface area contributed by atoms with Gasteiger partial charge < -0.3 is 0 Å². The molecule has 0 saturated carbocycles. The Morgan fingerprint density at radius 2 is 1.75 bits per heavy atom. The van der Waals surface area contributed by atoms with E-state index in [0.717, 1.165) is 24.4 Å². The molecule has 0 fully saturated rings. The van der Waals surface area contributed by atoms with Crippen LogP contribution in [0.4, 0.5) is 0 Å². The lowest BCUT2D eigenvalue weighted by Crippen LogP contribution is -2.05. The molecule has 0 saturated heterocycles. The average Bonchev–Trinajstić information content (AvgIpc) is 2.60. The molecule has 0 aliphatic carbocycles. The van der Waals surface area contributed by atoms with Crippen LogP contribution in [-0.2, 0) is 13.0 Å². The Morgan fingerprint density at radius 3 is 2.31 bits per heavy atom. The summed E-state index contributed by atoms with van der Waals surface area (Å²) < 4.78 is 1.97. The van der Waals surface area contributed by atoms with E-state index in [-0.39, 0.29) is 0 Å². The van der Waals surface area contributed by atoms with Crippen LogP contribution in [0.1, 0.15) is 22.5 Å². The highest BCUT2D eigenvalue weighted by molar-refractivity contribution is 5.21. The van der Waals surface area contributed by atoms with Crippen molar-refractivity contribution in [1.82, 2.24) is 15.0 Å². The van der Waals surface area contributed by atoms with Gasteiger partial charge in [0.05, 0.1) is 11.4 Å². The Morgan fingerprint density at radius 1 is 1.06 bits per heavy atom. The third kappa shape index (κ3) is 2.30. The topological polar surface area (TPSA) is 30.7 Å². The van der Waals surface area contributed by atoms with Crippen molar-refractivity contribution in [2.75, 3.05) is 0 Å². The van der Waals surface area contributed by atoms with Crippen molar-refractivity contribution in [2.45, 2.75) is 33.7 Å². The average molecular weight is 215 g/mol. The minimum absolute atomic E-state index is 0.899. The maximum absolute atomic E-state index is 4.11. The highest BCUT2D eigenvalue weighted by Crippen LogP contribution is 2.07. The van der Waals surface area contributed by atoms with Crippen molar-refractivity contribution in [3.63, 3.8) is 0 Å². The molecule has 0 atom stereocenters. The Labute approximate surface area is 96.1 Å². The molecule has 0 radical (unpaired) electrons. The molecule has 0 aliphatic heterocycles. The van der Waals surface area contributed by atoms with E-state index in [9.17, 15) is 0 Å². The predicted octanol–water partition coefficient (Wildman–Crippen LogP) is 2.45. The molecule has 0 aliphatic rings. The molecule has 1 aromatic heterocycles. The van der Waals surface area contributed by atoms with E-state index in [1.54, 1.807) is 0 Å². The van der Waals surface area contributed by atoms with Crippen LogP contribution >= 0.6 is 0 Å².